The summed E-state index contributed by atoms with van der Waals surface area (Å²) in [5.74, 6) is 0.443. The number of rotatable bonds is 3. The Kier molecular flexibility index (Phi) is 4.93. The lowest BCUT2D eigenvalue weighted by Crippen LogP contribution is -2.66. The summed E-state index contributed by atoms with van der Waals surface area (Å²) in [5, 5.41) is 0.596. The predicted octanol–water partition coefficient (Wildman–Crippen LogP) is 3.80. The third-order valence-electron chi connectivity index (χ3n) is 7.86. The van der Waals surface area contributed by atoms with Crippen molar-refractivity contribution in [1.29, 1.82) is 0 Å². The Morgan fingerprint density at radius 3 is 2.73 bits per heavy atom. The molecule has 7 heteroatoms. The summed E-state index contributed by atoms with van der Waals surface area (Å²) in [4.78, 5) is 31.5. The maximum atomic E-state index is 14.2. The van der Waals surface area contributed by atoms with Crippen LogP contribution in [0.3, 0.4) is 0 Å². The molecule has 0 aromatic heterocycles. The van der Waals surface area contributed by atoms with Gasteiger partial charge in [0.1, 0.15) is 11.3 Å². The summed E-state index contributed by atoms with van der Waals surface area (Å²) in [6.45, 7) is 3.64. The van der Waals surface area contributed by atoms with Crippen molar-refractivity contribution < 1.29 is 19.1 Å². The summed E-state index contributed by atoms with van der Waals surface area (Å²) in [6.07, 6.45) is 1.92. The Bertz CT molecular complexity index is 1100. The maximum absolute atomic E-state index is 14.2. The van der Waals surface area contributed by atoms with Gasteiger partial charge in [-0.2, -0.15) is 0 Å². The number of fused-ring (bicyclic) bond motifs is 5. The molecule has 6 rings (SSSR count). The number of hydrogen-bond acceptors (Lipinski definition) is 4. The Morgan fingerprint density at radius 2 is 1.97 bits per heavy atom. The Labute approximate surface area is 198 Å². The highest BCUT2D eigenvalue weighted by Gasteiger charge is 2.66. The average molecular weight is 467 g/mol. The van der Waals surface area contributed by atoms with Crippen molar-refractivity contribution in [2.24, 2.45) is 5.92 Å². The minimum atomic E-state index is -1.02. The van der Waals surface area contributed by atoms with Gasteiger partial charge in [0, 0.05) is 35.6 Å². The van der Waals surface area contributed by atoms with Gasteiger partial charge < -0.3 is 19.3 Å². The summed E-state index contributed by atoms with van der Waals surface area (Å²) in [6, 6.07) is 15.4. The van der Waals surface area contributed by atoms with E-state index in [1.807, 2.05) is 42.2 Å². The zero-order valence-electron chi connectivity index (χ0n) is 18.6. The van der Waals surface area contributed by atoms with E-state index in [-0.39, 0.29) is 42.3 Å². The second-order valence-electron chi connectivity index (χ2n) is 9.72. The largest absolute Gasteiger partial charge is 0.493 e. The molecule has 4 heterocycles. The minimum Gasteiger partial charge on any atom is -0.493 e. The molecule has 1 unspecified atom stereocenters. The normalized spacial score (nSPS) is 32.9. The number of halogens is 1. The summed E-state index contributed by atoms with van der Waals surface area (Å²) in [5.41, 5.74) is 0.918. The molecular formula is C26H27ClN2O4. The molecule has 2 amide bonds. The Hall–Kier alpha value is -2.57. The van der Waals surface area contributed by atoms with Gasteiger partial charge in [0.15, 0.2) is 0 Å². The topological polar surface area (TPSA) is 59.1 Å². The van der Waals surface area contributed by atoms with Crippen molar-refractivity contribution in [3.63, 3.8) is 0 Å². The number of amides is 2. The van der Waals surface area contributed by atoms with Gasteiger partial charge >= 0.3 is 0 Å². The van der Waals surface area contributed by atoms with Gasteiger partial charge in [-0.05, 0) is 43.5 Å². The van der Waals surface area contributed by atoms with E-state index in [9.17, 15) is 9.59 Å². The number of piperazine rings is 1. The molecule has 4 aliphatic rings. The van der Waals surface area contributed by atoms with Gasteiger partial charge in [-0.15, -0.1) is 0 Å². The lowest BCUT2D eigenvalue weighted by atomic mass is 9.73. The van der Waals surface area contributed by atoms with Crippen LogP contribution in [0.5, 0.6) is 5.75 Å². The van der Waals surface area contributed by atoms with E-state index < -0.39 is 5.54 Å². The highest BCUT2D eigenvalue weighted by Crippen LogP contribution is 2.60. The van der Waals surface area contributed by atoms with Gasteiger partial charge in [-0.1, -0.05) is 41.9 Å². The van der Waals surface area contributed by atoms with Crippen LogP contribution in [0.15, 0.2) is 48.5 Å². The third kappa shape index (κ3) is 3.11. The van der Waals surface area contributed by atoms with Crippen LogP contribution in [0.1, 0.15) is 42.9 Å². The molecular weight excluding hydrogens is 440 g/mol. The van der Waals surface area contributed by atoms with E-state index in [1.165, 1.54) is 0 Å². The van der Waals surface area contributed by atoms with Crippen molar-refractivity contribution >= 4 is 23.4 Å². The molecule has 6 nitrogen and oxygen atoms in total. The van der Waals surface area contributed by atoms with Crippen molar-refractivity contribution in [3.05, 3.63) is 64.7 Å². The quantitative estimate of drug-likeness (QED) is 0.690. The Balaban J connectivity index is 1.48. The van der Waals surface area contributed by atoms with E-state index in [2.05, 4.69) is 12.1 Å². The fourth-order valence-electron chi connectivity index (χ4n) is 6.55. The van der Waals surface area contributed by atoms with Crippen LogP contribution in [0.4, 0.5) is 0 Å². The molecule has 2 aromatic carbocycles. The van der Waals surface area contributed by atoms with Crippen molar-refractivity contribution in [2.45, 2.75) is 43.4 Å². The Morgan fingerprint density at radius 1 is 1.15 bits per heavy atom. The summed E-state index contributed by atoms with van der Waals surface area (Å²) in [7, 11) is 0. The molecule has 0 bridgehead atoms. The highest BCUT2D eigenvalue weighted by molar-refractivity contribution is 6.30. The average Bonchev–Trinajstić information content (AvgIpc) is 3.42. The lowest BCUT2D eigenvalue weighted by molar-refractivity contribution is -0.165. The smallest absolute Gasteiger partial charge is 0.249 e. The fourth-order valence-corrected chi connectivity index (χ4v) is 6.73. The SMILES string of the molecule is C[C@@]12C(=O)N(CC3CCCO3)CC(=O)N1[C@H]1c3cc(Cl)ccc3OC[C@@H]1[C@@H]2c1ccccc1. The van der Waals surface area contributed by atoms with Crippen LogP contribution in [0, 0.1) is 5.92 Å². The first-order valence-electron chi connectivity index (χ1n) is 11.7. The van der Waals surface area contributed by atoms with Crippen molar-refractivity contribution in [2.75, 3.05) is 26.3 Å². The fraction of sp³-hybridized carbons (Fsp3) is 0.462. The van der Waals surface area contributed by atoms with E-state index in [0.717, 1.165) is 36.3 Å². The molecule has 172 valence electrons. The first kappa shape index (κ1) is 21.0. The molecule has 5 atom stereocenters. The molecule has 3 fully saturated rings. The number of nitrogens with zero attached hydrogens (tertiary/aromatic N) is 2. The van der Waals surface area contributed by atoms with E-state index in [1.54, 1.807) is 11.0 Å². The van der Waals surface area contributed by atoms with Gasteiger partial charge in [0.2, 0.25) is 11.8 Å². The van der Waals surface area contributed by atoms with E-state index in [0.29, 0.717) is 18.2 Å². The molecule has 0 N–H and O–H groups in total. The molecule has 0 saturated carbocycles. The monoisotopic (exact) mass is 466 g/mol. The molecule has 4 aliphatic heterocycles. The number of ether oxygens (including phenoxy) is 2. The molecule has 0 aliphatic carbocycles. The number of carbonyl (C=O) groups is 2. The summed E-state index contributed by atoms with van der Waals surface area (Å²) < 4.78 is 12.0. The molecule has 2 aromatic rings. The van der Waals surface area contributed by atoms with E-state index in [4.69, 9.17) is 21.1 Å². The number of benzene rings is 2. The minimum absolute atomic E-state index is 0.00128. The predicted molar refractivity (Wildman–Crippen MR) is 123 cm³/mol. The number of hydrogen-bond donors (Lipinski definition) is 0. The molecule has 0 spiro atoms. The first-order valence-corrected chi connectivity index (χ1v) is 12.1. The third-order valence-corrected chi connectivity index (χ3v) is 8.10. The van der Waals surface area contributed by atoms with Gasteiger partial charge in [0.05, 0.1) is 25.3 Å². The van der Waals surface area contributed by atoms with Gasteiger partial charge in [-0.25, -0.2) is 0 Å². The van der Waals surface area contributed by atoms with Gasteiger partial charge in [-0.3, -0.25) is 9.59 Å². The summed E-state index contributed by atoms with van der Waals surface area (Å²) >= 11 is 6.37. The van der Waals surface area contributed by atoms with Crippen LogP contribution < -0.4 is 4.74 Å². The standard InChI is InChI=1S/C26H27ClN2O4/c1-26-23(16-6-3-2-4-7-16)20-15-33-21-10-9-17(27)12-19(21)24(20)29(26)22(30)14-28(25(26)31)13-18-8-5-11-32-18/h2-4,6-7,9-10,12,18,20,23-24H,5,8,11,13-15H2,1H3/t18?,20-,23+,24+,26-/m1/s1. The zero-order valence-corrected chi connectivity index (χ0v) is 19.3. The second kappa shape index (κ2) is 7.74. The maximum Gasteiger partial charge on any atom is 0.249 e. The van der Waals surface area contributed by atoms with Crippen molar-refractivity contribution in [1.82, 2.24) is 9.80 Å². The van der Waals surface area contributed by atoms with Crippen LogP contribution in [0.25, 0.3) is 0 Å². The van der Waals surface area contributed by atoms with Crippen LogP contribution in [-0.2, 0) is 14.3 Å². The van der Waals surface area contributed by atoms with Crippen LogP contribution in [-0.4, -0.2) is 59.6 Å². The van der Waals surface area contributed by atoms with E-state index >= 15 is 0 Å². The van der Waals surface area contributed by atoms with Crippen LogP contribution in [0.2, 0.25) is 5.02 Å². The first-order chi connectivity index (χ1) is 16.0. The molecule has 0 radical (unpaired) electrons. The zero-order chi connectivity index (χ0) is 22.7. The molecule has 3 saturated heterocycles. The number of carbonyl (C=O) groups excluding carboxylic acids is 2. The van der Waals surface area contributed by atoms with Gasteiger partial charge in [0.25, 0.3) is 0 Å². The van der Waals surface area contributed by atoms with Crippen LogP contribution >= 0.6 is 11.6 Å². The second-order valence-corrected chi connectivity index (χ2v) is 10.2. The molecule has 33 heavy (non-hydrogen) atoms. The van der Waals surface area contributed by atoms with Crippen molar-refractivity contribution in [3.8, 4) is 5.75 Å². The highest BCUT2D eigenvalue weighted by atomic mass is 35.5. The lowest BCUT2D eigenvalue weighted by Gasteiger charge is -2.47.